The zero-order valence-corrected chi connectivity index (χ0v) is 11.6. The van der Waals surface area contributed by atoms with Gasteiger partial charge in [0, 0.05) is 5.02 Å². The van der Waals surface area contributed by atoms with E-state index in [9.17, 15) is 5.11 Å². The summed E-state index contributed by atoms with van der Waals surface area (Å²) in [5.74, 6) is 0.726. The third kappa shape index (κ3) is 2.41. The van der Waals surface area contributed by atoms with Crippen LogP contribution < -0.4 is 0 Å². The lowest BCUT2D eigenvalue weighted by Crippen LogP contribution is -2.24. The van der Waals surface area contributed by atoms with Gasteiger partial charge in [-0.05, 0) is 48.4 Å². The Labute approximate surface area is 118 Å². The average molecular weight is 273 g/mol. The molecule has 98 valence electrons. The van der Waals surface area contributed by atoms with E-state index in [0.29, 0.717) is 10.9 Å². The number of hydrogen-bond acceptors (Lipinski definition) is 1. The van der Waals surface area contributed by atoms with Crippen molar-refractivity contribution in [2.24, 2.45) is 5.92 Å². The molecule has 1 aliphatic carbocycles. The van der Waals surface area contributed by atoms with E-state index in [4.69, 9.17) is 11.6 Å². The Morgan fingerprint density at radius 1 is 1.11 bits per heavy atom. The van der Waals surface area contributed by atoms with Crippen LogP contribution in [0.1, 0.15) is 30.4 Å². The van der Waals surface area contributed by atoms with Crippen LogP contribution in [0.25, 0.3) is 0 Å². The maximum Gasteiger partial charge on any atom is 0.0903 e. The Balaban J connectivity index is 1.84. The van der Waals surface area contributed by atoms with Gasteiger partial charge in [-0.15, -0.1) is 0 Å². The van der Waals surface area contributed by atoms with E-state index >= 15 is 0 Å². The molecule has 0 aromatic heterocycles. The van der Waals surface area contributed by atoms with Crippen molar-refractivity contribution in [1.29, 1.82) is 0 Å². The largest absolute Gasteiger partial charge is 0.385 e. The first-order valence-electron chi connectivity index (χ1n) is 6.62. The highest BCUT2D eigenvalue weighted by Gasteiger charge is 2.50. The van der Waals surface area contributed by atoms with Gasteiger partial charge in [0.1, 0.15) is 0 Å². The number of rotatable bonds is 3. The second-order valence-electron chi connectivity index (χ2n) is 5.52. The molecule has 1 aliphatic rings. The van der Waals surface area contributed by atoms with Crippen LogP contribution in [-0.4, -0.2) is 5.11 Å². The maximum absolute atomic E-state index is 10.8. The quantitative estimate of drug-likeness (QED) is 0.881. The fourth-order valence-electron chi connectivity index (χ4n) is 2.90. The minimum absolute atomic E-state index is 0.272. The van der Waals surface area contributed by atoms with Crippen LogP contribution in [0, 0.1) is 5.92 Å². The summed E-state index contributed by atoms with van der Waals surface area (Å²) < 4.78 is 0. The van der Waals surface area contributed by atoms with Crippen LogP contribution in [-0.2, 0) is 5.60 Å². The van der Waals surface area contributed by atoms with Crippen molar-refractivity contribution in [3.63, 3.8) is 0 Å². The molecule has 3 rings (SSSR count). The fourth-order valence-corrected chi connectivity index (χ4v) is 3.09. The lowest BCUT2D eigenvalue weighted by atomic mass is 9.89. The lowest BCUT2D eigenvalue weighted by Gasteiger charge is -2.24. The lowest BCUT2D eigenvalue weighted by molar-refractivity contribution is 0.0309. The van der Waals surface area contributed by atoms with E-state index < -0.39 is 5.60 Å². The summed E-state index contributed by atoms with van der Waals surface area (Å²) in [6.07, 6.45) is 1.03. The van der Waals surface area contributed by atoms with Gasteiger partial charge in [-0.25, -0.2) is 0 Å². The summed E-state index contributed by atoms with van der Waals surface area (Å²) >= 11 is 6.02. The Morgan fingerprint density at radius 3 is 2.53 bits per heavy atom. The molecule has 0 bridgehead atoms. The number of halogens is 1. The van der Waals surface area contributed by atoms with Gasteiger partial charge in [0.25, 0.3) is 0 Å². The van der Waals surface area contributed by atoms with Crippen LogP contribution in [0.3, 0.4) is 0 Å². The minimum atomic E-state index is -0.814. The van der Waals surface area contributed by atoms with Gasteiger partial charge in [-0.3, -0.25) is 0 Å². The van der Waals surface area contributed by atoms with Crippen molar-refractivity contribution in [2.45, 2.75) is 24.9 Å². The second-order valence-corrected chi connectivity index (χ2v) is 5.95. The highest BCUT2D eigenvalue weighted by atomic mass is 35.5. The fraction of sp³-hybridized carbons (Fsp3) is 0.294. The Hall–Kier alpha value is -1.31. The summed E-state index contributed by atoms with van der Waals surface area (Å²) in [6.45, 7) is 1.90. The summed E-state index contributed by atoms with van der Waals surface area (Å²) in [5.41, 5.74) is 1.41. The normalized spacial score (nSPS) is 24.8. The summed E-state index contributed by atoms with van der Waals surface area (Å²) in [4.78, 5) is 0. The molecule has 1 nitrogen and oxygen atoms in total. The summed E-state index contributed by atoms with van der Waals surface area (Å²) in [7, 11) is 0. The second kappa shape index (κ2) is 4.66. The number of aliphatic hydroxyl groups is 1. The van der Waals surface area contributed by atoms with Crippen molar-refractivity contribution in [3.8, 4) is 0 Å². The predicted molar refractivity (Wildman–Crippen MR) is 78.3 cm³/mol. The molecule has 1 saturated carbocycles. The molecular weight excluding hydrogens is 256 g/mol. The molecule has 3 unspecified atom stereocenters. The van der Waals surface area contributed by atoms with Crippen molar-refractivity contribution in [3.05, 3.63) is 70.7 Å². The van der Waals surface area contributed by atoms with E-state index in [2.05, 4.69) is 24.3 Å². The van der Waals surface area contributed by atoms with Gasteiger partial charge in [0.05, 0.1) is 5.60 Å². The topological polar surface area (TPSA) is 20.2 Å². The molecule has 0 radical (unpaired) electrons. The van der Waals surface area contributed by atoms with Crippen LogP contribution in [0.15, 0.2) is 54.6 Å². The molecule has 0 heterocycles. The maximum atomic E-state index is 10.8. The third-order valence-corrected chi connectivity index (χ3v) is 4.38. The van der Waals surface area contributed by atoms with E-state index in [-0.39, 0.29) is 5.92 Å². The molecule has 3 atom stereocenters. The number of hydrogen-bond donors (Lipinski definition) is 1. The third-order valence-electron chi connectivity index (χ3n) is 4.15. The van der Waals surface area contributed by atoms with Gasteiger partial charge < -0.3 is 5.11 Å². The summed E-state index contributed by atoms with van der Waals surface area (Å²) in [5, 5.41) is 11.5. The standard InChI is InChI=1S/C17H17ClO/c1-17(19,13-8-5-9-14(18)10-13)16-11-15(16)12-6-3-2-4-7-12/h2-10,15-16,19H,11H2,1H3. The Morgan fingerprint density at radius 2 is 1.84 bits per heavy atom. The highest BCUT2D eigenvalue weighted by Crippen LogP contribution is 2.56. The van der Waals surface area contributed by atoms with Crippen LogP contribution in [0.2, 0.25) is 5.02 Å². The molecule has 1 fully saturated rings. The molecule has 0 aliphatic heterocycles. The molecule has 2 heteroatoms. The van der Waals surface area contributed by atoms with Crippen molar-refractivity contribution >= 4 is 11.6 Å². The SMILES string of the molecule is CC(O)(c1cccc(Cl)c1)C1CC1c1ccccc1. The van der Waals surface area contributed by atoms with E-state index in [1.54, 1.807) is 0 Å². The average Bonchev–Trinajstić information content (AvgIpc) is 3.21. The monoisotopic (exact) mass is 272 g/mol. The smallest absolute Gasteiger partial charge is 0.0903 e. The molecule has 19 heavy (non-hydrogen) atoms. The van der Waals surface area contributed by atoms with E-state index in [1.807, 2.05) is 37.3 Å². The zero-order chi connectivity index (χ0) is 13.5. The molecular formula is C17H17ClO. The first-order valence-corrected chi connectivity index (χ1v) is 7.00. The zero-order valence-electron chi connectivity index (χ0n) is 10.9. The Kier molecular flexibility index (Phi) is 3.12. The first kappa shape index (κ1) is 12.7. The van der Waals surface area contributed by atoms with Gasteiger partial charge in [0.2, 0.25) is 0 Å². The summed E-state index contributed by atoms with van der Waals surface area (Å²) in [6, 6.07) is 18.0. The minimum Gasteiger partial charge on any atom is -0.385 e. The van der Waals surface area contributed by atoms with Crippen LogP contribution in [0.4, 0.5) is 0 Å². The molecule has 0 amide bonds. The van der Waals surface area contributed by atoms with Crippen molar-refractivity contribution in [1.82, 2.24) is 0 Å². The molecule has 1 N–H and O–H groups in total. The van der Waals surface area contributed by atoms with Gasteiger partial charge in [-0.2, -0.15) is 0 Å². The molecule has 0 spiro atoms. The van der Waals surface area contributed by atoms with Crippen LogP contribution in [0.5, 0.6) is 0 Å². The van der Waals surface area contributed by atoms with E-state index in [0.717, 1.165) is 12.0 Å². The predicted octanol–water partition coefficient (Wildman–Crippen LogP) is 4.35. The molecule has 0 saturated heterocycles. The molecule has 2 aromatic rings. The first-order chi connectivity index (χ1) is 9.09. The number of benzene rings is 2. The van der Waals surface area contributed by atoms with Gasteiger partial charge >= 0.3 is 0 Å². The van der Waals surface area contributed by atoms with Gasteiger partial charge in [-0.1, -0.05) is 54.1 Å². The Bertz CT molecular complexity index is 577. The van der Waals surface area contributed by atoms with E-state index in [1.165, 1.54) is 5.56 Å². The van der Waals surface area contributed by atoms with Gasteiger partial charge in [0.15, 0.2) is 0 Å². The molecule has 2 aromatic carbocycles. The van der Waals surface area contributed by atoms with Crippen molar-refractivity contribution in [2.75, 3.05) is 0 Å². The highest BCUT2D eigenvalue weighted by molar-refractivity contribution is 6.30. The van der Waals surface area contributed by atoms with Crippen LogP contribution >= 0.6 is 11.6 Å². The van der Waals surface area contributed by atoms with Crippen molar-refractivity contribution < 1.29 is 5.11 Å².